The second-order valence-corrected chi connectivity index (χ2v) is 6.71. The highest BCUT2D eigenvalue weighted by Gasteiger charge is 2.50. The molecule has 0 radical (unpaired) electrons. The average Bonchev–Trinajstić information content (AvgIpc) is 2.70. The summed E-state index contributed by atoms with van der Waals surface area (Å²) in [5.74, 6) is 0. The van der Waals surface area contributed by atoms with Gasteiger partial charge in [-0.05, 0) is 49.7 Å². The monoisotopic (exact) mass is 241 g/mol. The van der Waals surface area contributed by atoms with Gasteiger partial charge >= 0.3 is 0 Å². The van der Waals surface area contributed by atoms with Crippen molar-refractivity contribution >= 4 is 0 Å². The molecule has 1 N–H and O–H groups in total. The molecule has 1 nitrogen and oxygen atoms in total. The van der Waals surface area contributed by atoms with E-state index in [-0.39, 0.29) is 0 Å². The summed E-state index contributed by atoms with van der Waals surface area (Å²) in [4.78, 5) is 0. The fourth-order valence-corrected chi connectivity index (χ4v) is 4.76. The summed E-state index contributed by atoms with van der Waals surface area (Å²) in [6.07, 6.45) is 12.4. The first kappa shape index (κ1) is 11.0. The number of rotatable bonds is 0. The van der Waals surface area contributed by atoms with E-state index in [2.05, 4.69) is 29.6 Å². The Labute approximate surface area is 110 Å². The lowest BCUT2D eigenvalue weighted by atomic mass is 9.79. The van der Waals surface area contributed by atoms with Crippen LogP contribution >= 0.6 is 0 Å². The highest BCUT2D eigenvalue weighted by Crippen LogP contribution is 2.50. The molecule has 3 heterocycles. The van der Waals surface area contributed by atoms with Gasteiger partial charge in [0.2, 0.25) is 0 Å². The summed E-state index contributed by atoms with van der Waals surface area (Å²) in [6, 6.07) is 9.22. The summed E-state index contributed by atoms with van der Waals surface area (Å²) in [6.45, 7) is 0. The first-order chi connectivity index (χ1) is 8.82. The van der Waals surface area contributed by atoms with Crippen LogP contribution in [0.25, 0.3) is 0 Å². The Morgan fingerprint density at radius 2 is 1.72 bits per heavy atom. The molecule has 2 atom stereocenters. The van der Waals surface area contributed by atoms with Gasteiger partial charge in [-0.3, -0.25) is 0 Å². The van der Waals surface area contributed by atoms with Crippen LogP contribution in [0, 0.1) is 0 Å². The minimum atomic E-state index is 0.327. The average molecular weight is 241 g/mol. The molecule has 3 aliphatic rings. The highest BCUT2D eigenvalue weighted by atomic mass is 15.1. The topological polar surface area (TPSA) is 12.0 Å². The smallest absolute Gasteiger partial charge is 0.0442 e. The maximum Gasteiger partial charge on any atom is 0.0442 e. The number of benzene rings is 1. The van der Waals surface area contributed by atoms with Gasteiger partial charge in [-0.2, -0.15) is 0 Å². The summed E-state index contributed by atoms with van der Waals surface area (Å²) in [5.41, 5.74) is 4.05. The van der Waals surface area contributed by atoms with Crippen LogP contribution in [-0.2, 0) is 12.0 Å². The molecule has 18 heavy (non-hydrogen) atoms. The normalized spacial score (nSPS) is 38.4. The van der Waals surface area contributed by atoms with Crippen molar-refractivity contribution < 1.29 is 0 Å². The zero-order valence-electron chi connectivity index (χ0n) is 11.2. The van der Waals surface area contributed by atoms with Gasteiger partial charge in [0.15, 0.2) is 0 Å². The molecule has 0 saturated carbocycles. The second-order valence-electron chi connectivity index (χ2n) is 6.71. The van der Waals surface area contributed by atoms with Crippen LogP contribution in [0.1, 0.15) is 62.5 Å². The molecule has 0 aromatic heterocycles. The van der Waals surface area contributed by atoms with Crippen LogP contribution in [0.3, 0.4) is 0 Å². The molecule has 2 unspecified atom stereocenters. The van der Waals surface area contributed by atoms with E-state index in [1.54, 1.807) is 11.1 Å². The van der Waals surface area contributed by atoms with E-state index in [0.29, 0.717) is 11.1 Å². The Kier molecular flexibility index (Phi) is 2.35. The van der Waals surface area contributed by atoms with Crippen molar-refractivity contribution in [3.63, 3.8) is 0 Å². The minimum absolute atomic E-state index is 0.327. The van der Waals surface area contributed by atoms with Gasteiger partial charge < -0.3 is 5.32 Å². The minimum Gasteiger partial charge on any atom is -0.302 e. The molecule has 0 aliphatic carbocycles. The summed E-state index contributed by atoms with van der Waals surface area (Å²) in [7, 11) is 0. The number of nitrogens with one attached hydrogen (secondary N) is 1. The summed E-state index contributed by atoms with van der Waals surface area (Å²) in [5, 5.41) is 4.14. The number of fused-ring (bicyclic) bond motifs is 1. The molecule has 1 aromatic rings. The van der Waals surface area contributed by atoms with Gasteiger partial charge in [0.05, 0.1) is 0 Å². The summed E-state index contributed by atoms with van der Waals surface area (Å²) < 4.78 is 0. The maximum atomic E-state index is 4.14. The van der Waals surface area contributed by atoms with Crippen LogP contribution in [0.15, 0.2) is 24.3 Å². The lowest BCUT2D eigenvalue weighted by molar-refractivity contribution is 0.234. The quantitative estimate of drug-likeness (QED) is 0.726. The predicted octanol–water partition coefficient (Wildman–Crippen LogP) is 3.91. The molecule has 2 bridgehead atoms. The lowest BCUT2D eigenvalue weighted by Gasteiger charge is -2.37. The number of hydrogen-bond acceptors (Lipinski definition) is 1. The van der Waals surface area contributed by atoms with Crippen molar-refractivity contribution in [2.45, 2.75) is 68.9 Å². The van der Waals surface area contributed by atoms with Gasteiger partial charge in [-0.25, -0.2) is 0 Å². The molecule has 0 amide bonds. The van der Waals surface area contributed by atoms with Gasteiger partial charge in [0.1, 0.15) is 0 Å². The fourth-order valence-electron chi connectivity index (χ4n) is 4.76. The van der Waals surface area contributed by atoms with Crippen molar-refractivity contribution in [2.75, 3.05) is 0 Å². The van der Waals surface area contributed by atoms with Gasteiger partial charge in [0.25, 0.3) is 0 Å². The standard InChI is InChI=1S/C17H23N/c1-4-9-16-11-8-14-6-2-3-7-15(14)17(18-16,10-5-1)13-12-16/h2-3,6-7,18H,1,4-5,8-13H2. The van der Waals surface area contributed by atoms with Crippen molar-refractivity contribution in [2.24, 2.45) is 0 Å². The van der Waals surface area contributed by atoms with E-state index in [1.807, 2.05) is 0 Å². The third-order valence-corrected chi connectivity index (χ3v) is 5.70. The number of hydrogen-bond donors (Lipinski definition) is 1. The second kappa shape index (κ2) is 3.84. The lowest BCUT2D eigenvalue weighted by Crippen LogP contribution is -2.48. The molecule has 2 fully saturated rings. The highest BCUT2D eigenvalue weighted by molar-refractivity contribution is 5.38. The first-order valence-electron chi connectivity index (χ1n) is 7.70. The molecule has 2 saturated heterocycles. The van der Waals surface area contributed by atoms with Gasteiger partial charge in [-0.1, -0.05) is 43.5 Å². The Morgan fingerprint density at radius 1 is 0.833 bits per heavy atom. The Hall–Kier alpha value is -0.820. The molecule has 1 aromatic carbocycles. The van der Waals surface area contributed by atoms with Crippen LogP contribution in [0.5, 0.6) is 0 Å². The SMILES string of the molecule is c1ccc2c(c1)CCC13CCCCCC2(CC1)N3. The molecule has 3 aliphatic heterocycles. The zero-order valence-corrected chi connectivity index (χ0v) is 11.2. The zero-order chi connectivity index (χ0) is 12.1. The van der Waals surface area contributed by atoms with E-state index >= 15 is 0 Å². The third kappa shape index (κ3) is 1.50. The Balaban J connectivity index is 1.86. The summed E-state index contributed by atoms with van der Waals surface area (Å²) >= 11 is 0. The van der Waals surface area contributed by atoms with Gasteiger partial charge in [-0.15, -0.1) is 0 Å². The van der Waals surface area contributed by atoms with Crippen molar-refractivity contribution in [3.8, 4) is 0 Å². The van der Waals surface area contributed by atoms with Crippen LogP contribution in [0.4, 0.5) is 0 Å². The molecule has 4 rings (SSSR count). The first-order valence-corrected chi connectivity index (χ1v) is 7.70. The fraction of sp³-hybridized carbons (Fsp3) is 0.647. The van der Waals surface area contributed by atoms with E-state index in [9.17, 15) is 0 Å². The van der Waals surface area contributed by atoms with Crippen molar-refractivity contribution in [1.82, 2.24) is 5.32 Å². The molecule has 96 valence electrons. The van der Waals surface area contributed by atoms with E-state index in [0.717, 1.165) is 0 Å². The predicted molar refractivity (Wildman–Crippen MR) is 74.6 cm³/mol. The maximum absolute atomic E-state index is 4.14. The van der Waals surface area contributed by atoms with Crippen LogP contribution < -0.4 is 5.32 Å². The van der Waals surface area contributed by atoms with Crippen LogP contribution in [-0.4, -0.2) is 5.54 Å². The van der Waals surface area contributed by atoms with Crippen LogP contribution in [0.2, 0.25) is 0 Å². The molecular formula is C17H23N. The molecule has 1 heteroatoms. The third-order valence-electron chi connectivity index (χ3n) is 5.70. The molecule has 0 spiro atoms. The van der Waals surface area contributed by atoms with Crippen molar-refractivity contribution in [3.05, 3.63) is 35.4 Å². The molecular weight excluding hydrogens is 218 g/mol. The largest absolute Gasteiger partial charge is 0.302 e. The van der Waals surface area contributed by atoms with Crippen molar-refractivity contribution in [1.29, 1.82) is 0 Å². The van der Waals surface area contributed by atoms with E-state index in [1.165, 1.54) is 57.8 Å². The Bertz CT molecular complexity index is 462. The van der Waals surface area contributed by atoms with Gasteiger partial charge in [0, 0.05) is 11.1 Å². The van der Waals surface area contributed by atoms with E-state index in [4.69, 9.17) is 0 Å². The number of aryl methyl sites for hydroxylation is 1. The van der Waals surface area contributed by atoms with E-state index < -0.39 is 0 Å². The Morgan fingerprint density at radius 3 is 2.72 bits per heavy atom.